The Kier molecular flexibility index (Phi) is 6.65. The zero-order valence-corrected chi connectivity index (χ0v) is 15.9. The first-order chi connectivity index (χ1) is 13.1. The predicted molar refractivity (Wildman–Crippen MR) is 107 cm³/mol. The summed E-state index contributed by atoms with van der Waals surface area (Å²) in [5.74, 6) is 1.36. The highest BCUT2D eigenvalue weighted by Gasteiger charge is 2.25. The molecular weight excluding hydrogens is 343 g/mol. The van der Waals surface area contributed by atoms with Crippen molar-refractivity contribution in [3.05, 3.63) is 36.7 Å². The minimum atomic E-state index is -0.0874. The number of likely N-dealkylation sites (tertiary alicyclic amines) is 1. The molecule has 1 fully saturated rings. The largest absolute Gasteiger partial charge is 0.492 e. The van der Waals surface area contributed by atoms with Crippen LogP contribution >= 0.6 is 0 Å². The fourth-order valence-corrected chi connectivity index (χ4v) is 3.07. The van der Waals surface area contributed by atoms with Crippen LogP contribution in [0, 0.1) is 5.92 Å². The average Bonchev–Trinajstić information content (AvgIpc) is 2.71. The van der Waals surface area contributed by atoms with Crippen LogP contribution in [0.1, 0.15) is 12.8 Å². The lowest BCUT2D eigenvalue weighted by Gasteiger charge is -2.30. The van der Waals surface area contributed by atoms with Crippen LogP contribution in [0.3, 0.4) is 0 Å². The van der Waals surface area contributed by atoms with Gasteiger partial charge < -0.3 is 14.8 Å². The molecule has 8 heteroatoms. The van der Waals surface area contributed by atoms with E-state index in [-0.39, 0.29) is 11.9 Å². The van der Waals surface area contributed by atoms with E-state index in [1.165, 1.54) is 7.11 Å². The smallest absolute Gasteiger partial charge is 0.308 e. The van der Waals surface area contributed by atoms with Gasteiger partial charge in [0, 0.05) is 24.6 Å². The summed E-state index contributed by atoms with van der Waals surface area (Å²) >= 11 is 0. The predicted octanol–water partition coefficient (Wildman–Crippen LogP) is 0.742. The Balaban J connectivity index is 1.39. The number of carbonyl (C=O) groups excluding carboxylic acids is 1. The summed E-state index contributed by atoms with van der Waals surface area (Å²) in [6.45, 7) is 3.28. The van der Waals surface area contributed by atoms with Crippen LogP contribution in [-0.2, 0) is 9.53 Å². The Morgan fingerprint density at radius 3 is 2.52 bits per heavy atom. The lowest BCUT2D eigenvalue weighted by molar-refractivity contribution is -0.147. The van der Waals surface area contributed by atoms with E-state index in [2.05, 4.69) is 20.2 Å². The first-order valence-corrected chi connectivity index (χ1v) is 9.23. The third-order valence-electron chi connectivity index (χ3n) is 4.69. The van der Waals surface area contributed by atoms with Crippen LogP contribution in [0.15, 0.2) is 36.7 Å². The maximum atomic E-state index is 11.6. The molecular formula is C19H25BN4O3. The first kappa shape index (κ1) is 19.2. The standard InChI is InChI=1S/C19H25BN4O3/c1-26-18(25)14-6-8-24(9-7-14)10-11-27-17-4-2-16(3-5-17)23-19-21-12-15(20)13-22-19/h2-5,12-14H,6-11,20H2,1H3,(H,21,22,23). The number of carbonyl (C=O) groups is 1. The lowest BCUT2D eigenvalue weighted by Crippen LogP contribution is -2.38. The monoisotopic (exact) mass is 368 g/mol. The van der Waals surface area contributed by atoms with Crippen molar-refractivity contribution in [3.63, 3.8) is 0 Å². The van der Waals surface area contributed by atoms with Crippen LogP contribution in [0.4, 0.5) is 11.6 Å². The fraction of sp³-hybridized carbons (Fsp3) is 0.421. The highest BCUT2D eigenvalue weighted by Crippen LogP contribution is 2.20. The molecule has 1 N–H and O–H groups in total. The van der Waals surface area contributed by atoms with Crippen molar-refractivity contribution in [3.8, 4) is 5.75 Å². The number of nitrogens with zero attached hydrogens (tertiary/aromatic N) is 3. The molecule has 2 heterocycles. The molecule has 142 valence electrons. The number of hydrogen-bond donors (Lipinski definition) is 1. The molecule has 1 aromatic heterocycles. The van der Waals surface area contributed by atoms with Gasteiger partial charge in [-0.05, 0) is 50.2 Å². The second kappa shape index (κ2) is 9.37. The van der Waals surface area contributed by atoms with Crippen molar-refractivity contribution >= 4 is 30.9 Å². The lowest BCUT2D eigenvalue weighted by atomic mass is 9.97. The van der Waals surface area contributed by atoms with E-state index >= 15 is 0 Å². The quantitative estimate of drug-likeness (QED) is 0.571. The average molecular weight is 368 g/mol. The molecule has 1 aromatic carbocycles. The van der Waals surface area contributed by atoms with Gasteiger partial charge in [-0.25, -0.2) is 9.97 Å². The SMILES string of the molecule is Bc1cnc(Nc2ccc(OCCN3CCC(C(=O)OC)CC3)cc2)nc1. The van der Waals surface area contributed by atoms with Crippen molar-refractivity contribution in [1.29, 1.82) is 0 Å². The van der Waals surface area contributed by atoms with Gasteiger partial charge in [-0.3, -0.25) is 9.69 Å². The van der Waals surface area contributed by atoms with Crippen LogP contribution in [0.5, 0.6) is 5.75 Å². The van der Waals surface area contributed by atoms with E-state index in [0.717, 1.165) is 49.4 Å². The maximum absolute atomic E-state index is 11.6. The van der Waals surface area contributed by atoms with E-state index in [1.54, 1.807) is 12.4 Å². The molecule has 7 nitrogen and oxygen atoms in total. The van der Waals surface area contributed by atoms with E-state index < -0.39 is 0 Å². The molecule has 27 heavy (non-hydrogen) atoms. The highest BCUT2D eigenvalue weighted by atomic mass is 16.5. The summed E-state index contributed by atoms with van der Waals surface area (Å²) in [6, 6.07) is 7.75. The number of hydrogen-bond acceptors (Lipinski definition) is 7. The third kappa shape index (κ3) is 5.69. The number of ether oxygens (including phenoxy) is 2. The molecule has 0 atom stereocenters. The van der Waals surface area contributed by atoms with E-state index in [0.29, 0.717) is 12.6 Å². The maximum Gasteiger partial charge on any atom is 0.308 e. The van der Waals surface area contributed by atoms with Gasteiger partial charge in [0.2, 0.25) is 5.95 Å². The van der Waals surface area contributed by atoms with Gasteiger partial charge >= 0.3 is 5.97 Å². The molecule has 1 saturated heterocycles. The number of benzene rings is 1. The Labute approximate surface area is 160 Å². The summed E-state index contributed by atoms with van der Waals surface area (Å²) < 4.78 is 10.7. The van der Waals surface area contributed by atoms with Gasteiger partial charge in [-0.15, -0.1) is 0 Å². The van der Waals surface area contributed by atoms with E-state index in [9.17, 15) is 4.79 Å². The Morgan fingerprint density at radius 2 is 1.89 bits per heavy atom. The van der Waals surface area contributed by atoms with Crippen molar-refractivity contribution in [2.75, 3.05) is 38.7 Å². The van der Waals surface area contributed by atoms with Crippen molar-refractivity contribution in [2.24, 2.45) is 5.92 Å². The van der Waals surface area contributed by atoms with Crippen molar-refractivity contribution < 1.29 is 14.3 Å². The normalized spacial score (nSPS) is 15.3. The summed E-state index contributed by atoms with van der Waals surface area (Å²) in [4.78, 5) is 22.3. The molecule has 2 aromatic rings. The molecule has 0 saturated carbocycles. The number of esters is 1. The molecule has 0 spiro atoms. The molecule has 0 amide bonds. The highest BCUT2D eigenvalue weighted by molar-refractivity contribution is 6.31. The number of methoxy groups -OCH3 is 1. The number of rotatable bonds is 7. The summed E-state index contributed by atoms with van der Waals surface area (Å²) in [6.07, 6.45) is 5.27. The van der Waals surface area contributed by atoms with Crippen molar-refractivity contribution in [1.82, 2.24) is 14.9 Å². The molecule has 0 radical (unpaired) electrons. The second-order valence-corrected chi connectivity index (χ2v) is 6.72. The number of piperidine rings is 1. The molecule has 1 aliphatic heterocycles. The first-order valence-electron chi connectivity index (χ1n) is 9.23. The van der Waals surface area contributed by atoms with Gasteiger partial charge in [0.05, 0.1) is 13.0 Å². The van der Waals surface area contributed by atoms with Crippen LogP contribution in [0.2, 0.25) is 0 Å². The summed E-state index contributed by atoms with van der Waals surface area (Å²) in [5, 5.41) is 3.16. The zero-order valence-electron chi connectivity index (χ0n) is 15.9. The Morgan fingerprint density at radius 1 is 1.22 bits per heavy atom. The Bertz CT molecular complexity index is 732. The van der Waals surface area contributed by atoms with Crippen LogP contribution < -0.4 is 15.5 Å². The molecule has 1 aliphatic rings. The summed E-state index contributed by atoms with van der Waals surface area (Å²) in [7, 11) is 3.41. The van der Waals surface area contributed by atoms with Gasteiger partial charge in [0.1, 0.15) is 20.2 Å². The number of aromatic nitrogens is 2. The second-order valence-electron chi connectivity index (χ2n) is 6.72. The van der Waals surface area contributed by atoms with Gasteiger partial charge in [0.25, 0.3) is 0 Å². The fourth-order valence-electron chi connectivity index (χ4n) is 3.07. The summed E-state index contributed by atoms with van der Waals surface area (Å²) in [5.41, 5.74) is 1.94. The zero-order chi connectivity index (χ0) is 19.1. The third-order valence-corrected chi connectivity index (χ3v) is 4.69. The topological polar surface area (TPSA) is 76.6 Å². The van der Waals surface area contributed by atoms with Gasteiger partial charge in [-0.2, -0.15) is 0 Å². The Hall–Kier alpha value is -2.61. The van der Waals surface area contributed by atoms with Gasteiger partial charge in [0.15, 0.2) is 0 Å². The van der Waals surface area contributed by atoms with E-state index in [4.69, 9.17) is 9.47 Å². The van der Waals surface area contributed by atoms with E-state index in [1.807, 2.05) is 32.1 Å². The van der Waals surface area contributed by atoms with Crippen LogP contribution in [0.25, 0.3) is 0 Å². The molecule has 0 aliphatic carbocycles. The van der Waals surface area contributed by atoms with Crippen LogP contribution in [-0.4, -0.2) is 62.0 Å². The molecule has 3 rings (SSSR count). The number of nitrogens with one attached hydrogen (secondary N) is 1. The molecule has 0 unspecified atom stereocenters. The number of anilines is 2. The minimum absolute atomic E-state index is 0.0460. The van der Waals surface area contributed by atoms with Crippen molar-refractivity contribution in [2.45, 2.75) is 12.8 Å². The molecule has 0 bridgehead atoms. The minimum Gasteiger partial charge on any atom is -0.492 e. The van der Waals surface area contributed by atoms with Gasteiger partial charge in [-0.1, -0.05) is 5.46 Å².